The number of hydrogen-bond acceptors (Lipinski definition) is 3. The van der Waals surface area contributed by atoms with Gasteiger partial charge in [-0.2, -0.15) is 0 Å². The van der Waals surface area contributed by atoms with Gasteiger partial charge in [-0.05, 0) is 12.1 Å². The number of ketones is 1. The molecule has 0 aliphatic rings. The summed E-state index contributed by atoms with van der Waals surface area (Å²) in [4.78, 5) is 20.1. The van der Waals surface area contributed by atoms with E-state index in [0.717, 1.165) is 11.0 Å². The molecule has 16 heavy (non-hydrogen) atoms. The summed E-state index contributed by atoms with van der Waals surface area (Å²) in [5, 5.41) is 0. The Morgan fingerprint density at radius 3 is 2.81 bits per heavy atom. The van der Waals surface area contributed by atoms with Crippen molar-refractivity contribution in [2.24, 2.45) is 0 Å². The Hall–Kier alpha value is -2.21. The largest absolute Gasteiger partial charge is 0.292 e. The first-order valence-corrected chi connectivity index (χ1v) is 4.99. The van der Waals surface area contributed by atoms with Gasteiger partial charge in [0.2, 0.25) is 0 Å². The number of carbonyl (C=O) groups is 1. The lowest BCUT2D eigenvalue weighted by atomic mass is 10.2. The molecule has 0 fully saturated rings. The second-order valence-corrected chi connectivity index (χ2v) is 3.37. The molecular formula is C13H10N2O. The molecule has 2 rings (SSSR count). The second-order valence-electron chi connectivity index (χ2n) is 3.37. The average Bonchev–Trinajstić information content (AvgIpc) is 2.35. The van der Waals surface area contributed by atoms with E-state index in [4.69, 9.17) is 6.42 Å². The first-order valence-electron chi connectivity index (χ1n) is 4.99. The van der Waals surface area contributed by atoms with Gasteiger partial charge in [0.1, 0.15) is 5.69 Å². The lowest BCUT2D eigenvalue weighted by Gasteiger charge is -1.99. The highest BCUT2D eigenvalue weighted by atomic mass is 16.1. The molecule has 2 aromatic rings. The van der Waals surface area contributed by atoms with Gasteiger partial charge in [0.15, 0.2) is 5.78 Å². The van der Waals surface area contributed by atoms with Crippen LogP contribution in [0.15, 0.2) is 30.5 Å². The van der Waals surface area contributed by atoms with Crippen LogP contribution < -0.4 is 0 Å². The molecule has 0 amide bonds. The predicted octanol–water partition coefficient (Wildman–Crippen LogP) is 2.23. The molecule has 1 aromatic heterocycles. The Morgan fingerprint density at radius 1 is 1.31 bits per heavy atom. The summed E-state index contributed by atoms with van der Waals surface area (Å²) in [7, 11) is 0. The van der Waals surface area contributed by atoms with Crippen molar-refractivity contribution in [1.29, 1.82) is 0 Å². The Kier molecular flexibility index (Phi) is 2.93. The second kappa shape index (κ2) is 4.54. The molecule has 0 bridgehead atoms. The number of carbonyl (C=O) groups excluding carboxylic acids is 1. The van der Waals surface area contributed by atoms with E-state index in [2.05, 4.69) is 15.9 Å². The molecule has 78 valence electrons. The standard InChI is InChI=1S/C13H10N2O/c1-2-3-8-13(16)12-9-14-10-6-4-5-7-11(10)15-12/h1,4-7,9H,3,8H2. The molecule has 0 unspecified atom stereocenters. The Bertz CT molecular complexity index is 569. The van der Waals surface area contributed by atoms with E-state index in [9.17, 15) is 4.79 Å². The number of Topliss-reactive ketones (excluding diaryl/α,β-unsaturated/α-hetero) is 1. The third-order valence-electron chi connectivity index (χ3n) is 2.23. The molecular weight excluding hydrogens is 200 g/mol. The topological polar surface area (TPSA) is 42.9 Å². The number of benzene rings is 1. The van der Waals surface area contributed by atoms with Crippen molar-refractivity contribution in [2.75, 3.05) is 0 Å². The van der Waals surface area contributed by atoms with Gasteiger partial charge in [-0.25, -0.2) is 4.98 Å². The third-order valence-corrected chi connectivity index (χ3v) is 2.23. The van der Waals surface area contributed by atoms with Crippen LogP contribution in [0.1, 0.15) is 23.3 Å². The zero-order chi connectivity index (χ0) is 11.4. The number of nitrogens with zero attached hydrogens (tertiary/aromatic N) is 2. The molecule has 0 saturated heterocycles. The lowest BCUT2D eigenvalue weighted by molar-refractivity contribution is 0.0979. The fraction of sp³-hybridized carbons (Fsp3) is 0.154. The van der Waals surface area contributed by atoms with Crippen LogP contribution in [0, 0.1) is 12.3 Å². The maximum Gasteiger partial charge on any atom is 0.183 e. The number of terminal acetylenes is 1. The summed E-state index contributed by atoms with van der Waals surface area (Å²) in [6.07, 6.45) is 7.37. The SMILES string of the molecule is C#CCCC(=O)c1cnc2ccccc2n1. The van der Waals surface area contributed by atoms with E-state index in [1.807, 2.05) is 24.3 Å². The van der Waals surface area contributed by atoms with Crippen LogP contribution in [0.5, 0.6) is 0 Å². The number of aromatic nitrogens is 2. The highest BCUT2D eigenvalue weighted by molar-refractivity contribution is 5.95. The van der Waals surface area contributed by atoms with Crippen molar-refractivity contribution in [1.82, 2.24) is 9.97 Å². The van der Waals surface area contributed by atoms with Crippen LogP contribution in [-0.2, 0) is 0 Å². The van der Waals surface area contributed by atoms with Gasteiger partial charge in [0.05, 0.1) is 17.2 Å². The van der Waals surface area contributed by atoms with E-state index in [-0.39, 0.29) is 5.78 Å². The lowest BCUT2D eigenvalue weighted by Crippen LogP contribution is -2.02. The summed E-state index contributed by atoms with van der Waals surface area (Å²) >= 11 is 0. The van der Waals surface area contributed by atoms with Crippen LogP contribution in [-0.4, -0.2) is 15.8 Å². The summed E-state index contributed by atoms with van der Waals surface area (Å²) in [5.41, 5.74) is 1.90. The van der Waals surface area contributed by atoms with Crippen LogP contribution in [0.2, 0.25) is 0 Å². The minimum atomic E-state index is -0.0591. The smallest absolute Gasteiger partial charge is 0.183 e. The fourth-order valence-corrected chi connectivity index (χ4v) is 1.41. The van der Waals surface area contributed by atoms with Crippen molar-refractivity contribution >= 4 is 16.8 Å². The molecule has 1 aromatic carbocycles. The summed E-state index contributed by atoms with van der Waals surface area (Å²) < 4.78 is 0. The molecule has 0 atom stereocenters. The monoisotopic (exact) mass is 210 g/mol. The number of rotatable bonds is 3. The molecule has 3 heteroatoms. The van der Waals surface area contributed by atoms with E-state index in [1.54, 1.807) is 0 Å². The van der Waals surface area contributed by atoms with Crippen molar-refractivity contribution in [2.45, 2.75) is 12.8 Å². The number of fused-ring (bicyclic) bond motifs is 1. The van der Waals surface area contributed by atoms with Crippen LogP contribution in [0.4, 0.5) is 0 Å². The normalized spacial score (nSPS) is 9.94. The maximum absolute atomic E-state index is 11.6. The van der Waals surface area contributed by atoms with Crippen LogP contribution in [0.25, 0.3) is 11.0 Å². The van der Waals surface area contributed by atoms with Gasteiger partial charge >= 0.3 is 0 Å². The molecule has 0 N–H and O–H groups in total. The van der Waals surface area contributed by atoms with E-state index < -0.39 is 0 Å². The number of para-hydroxylation sites is 2. The highest BCUT2D eigenvalue weighted by Gasteiger charge is 2.07. The zero-order valence-electron chi connectivity index (χ0n) is 8.68. The first kappa shape index (κ1) is 10.3. The Balaban J connectivity index is 2.33. The van der Waals surface area contributed by atoms with E-state index in [1.165, 1.54) is 6.20 Å². The van der Waals surface area contributed by atoms with Crippen molar-refractivity contribution in [3.63, 3.8) is 0 Å². The van der Waals surface area contributed by atoms with Crippen LogP contribution in [0.3, 0.4) is 0 Å². The van der Waals surface area contributed by atoms with E-state index in [0.29, 0.717) is 18.5 Å². The summed E-state index contributed by atoms with van der Waals surface area (Å²) in [6, 6.07) is 7.45. The zero-order valence-corrected chi connectivity index (χ0v) is 8.68. The maximum atomic E-state index is 11.6. The molecule has 0 aliphatic carbocycles. The molecule has 3 nitrogen and oxygen atoms in total. The Morgan fingerprint density at radius 2 is 2.06 bits per heavy atom. The first-order chi connectivity index (χ1) is 7.81. The molecule has 0 saturated carbocycles. The summed E-state index contributed by atoms with van der Waals surface area (Å²) in [5.74, 6) is 2.38. The summed E-state index contributed by atoms with van der Waals surface area (Å²) in [6.45, 7) is 0. The Labute approximate surface area is 93.5 Å². The van der Waals surface area contributed by atoms with Gasteiger partial charge in [-0.1, -0.05) is 12.1 Å². The molecule has 1 heterocycles. The number of hydrogen-bond donors (Lipinski definition) is 0. The van der Waals surface area contributed by atoms with Crippen molar-refractivity contribution in [3.8, 4) is 12.3 Å². The fourth-order valence-electron chi connectivity index (χ4n) is 1.41. The minimum Gasteiger partial charge on any atom is -0.292 e. The van der Waals surface area contributed by atoms with E-state index >= 15 is 0 Å². The van der Waals surface area contributed by atoms with Gasteiger partial charge in [0.25, 0.3) is 0 Å². The van der Waals surface area contributed by atoms with Crippen LogP contribution >= 0.6 is 0 Å². The average molecular weight is 210 g/mol. The van der Waals surface area contributed by atoms with Gasteiger partial charge in [-0.15, -0.1) is 12.3 Å². The van der Waals surface area contributed by atoms with Gasteiger partial charge in [-0.3, -0.25) is 9.78 Å². The highest BCUT2D eigenvalue weighted by Crippen LogP contribution is 2.10. The molecule has 0 radical (unpaired) electrons. The predicted molar refractivity (Wildman–Crippen MR) is 61.9 cm³/mol. The molecule has 0 aliphatic heterocycles. The van der Waals surface area contributed by atoms with Gasteiger partial charge < -0.3 is 0 Å². The third kappa shape index (κ3) is 2.06. The quantitative estimate of drug-likeness (QED) is 0.576. The van der Waals surface area contributed by atoms with Crippen molar-refractivity contribution in [3.05, 3.63) is 36.2 Å². The molecule has 0 spiro atoms. The van der Waals surface area contributed by atoms with Crippen molar-refractivity contribution < 1.29 is 4.79 Å². The minimum absolute atomic E-state index is 0.0591. The van der Waals surface area contributed by atoms with Gasteiger partial charge in [0, 0.05) is 12.8 Å².